The van der Waals surface area contributed by atoms with Crippen molar-refractivity contribution in [2.75, 3.05) is 27.2 Å². The fraction of sp³-hybridized carbons (Fsp3) is 0.625. The molecule has 2 N–H and O–H groups in total. The SMILES string of the molecule is CCCCN(C)C(C)(CN)Cc1ccc(OC)cc1. The summed E-state index contributed by atoms with van der Waals surface area (Å²) in [5.41, 5.74) is 7.34. The van der Waals surface area contributed by atoms with Gasteiger partial charge in [-0.05, 0) is 51.1 Å². The maximum absolute atomic E-state index is 6.02. The number of nitrogens with zero attached hydrogens (tertiary/aromatic N) is 1. The fourth-order valence-corrected chi connectivity index (χ4v) is 2.21. The van der Waals surface area contributed by atoms with Gasteiger partial charge in [0.25, 0.3) is 0 Å². The molecule has 0 amide bonds. The Morgan fingerprint density at radius 3 is 2.37 bits per heavy atom. The highest BCUT2D eigenvalue weighted by molar-refractivity contribution is 5.28. The van der Waals surface area contributed by atoms with Gasteiger partial charge in [0.05, 0.1) is 7.11 Å². The Morgan fingerprint density at radius 2 is 1.89 bits per heavy atom. The van der Waals surface area contributed by atoms with Gasteiger partial charge in [-0.3, -0.25) is 4.90 Å². The van der Waals surface area contributed by atoms with Gasteiger partial charge < -0.3 is 10.5 Å². The molecule has 0 bridgehead atoms. The van der Waals surface area contributed by atoms with Gasteiger partial charge in [-0.25, -0.2) is 0 Å². The molecular formula is C16H28N2O. The van der Waals surface area contributed by atoms with Crippen molar-refractivity contribution in [3.63, 3.8) is 0 Å². The summed E-state index contributed by atoms with van der Waals surface area (Å²) in [5, 5.41) is 0. The summed E-state index contributed by atoms with van der Waals surface area (Å²) in [6.45, 7) is 6.23. The van der Waals surface area contributed by atoms with E-state index in [0.29, 0.717) is 6.54 Å². The van der Waals surface area contributed by atoms with E-state index in [2.05, 4.69) is 37.9 Å². The predicted octanol–water partition coefficient (Wildman–Crippen LogP) is 2.69. The van der Waals surface area contributed by atoms with E-state index in [-0.39, 0.29) is 5.54 Å². The molecule has 1 unspecified atom stereocenters. The van der Waals surface area contributed by atoms with Gasteiger partial charge in [0.15, 0.2) is 0 Å². The summed E-state index contributed by atoms with van der Waals surface area (Å²) in [6.07, 6.45) is 3.40. The molecule has 108 valence electrons. The molecule has 0 aliphatic carbocycles. The van der Waals surface area contributed by atoms with Crippen molar-refractivity contribution in [1.82, 2.24) is 4.90 Å². The zero-order valence-electron chi connectivity index (χ0n) is 12.8. The van der Waals surface area contributed by atoms with Crippen LogP contribution in [0.5, 0.6) is 5.75 Å². The number of unbranched alkanes of at least 4 members (excludes halogenated alkanes) is 1. The zero-order chi connectivity index (χ0) is 14.3. The second kappa shape index (κ2) is 7.51. The van der Waals surface area contributed by atoms with Crippen molar-refractivity contribution in [3.8, 4) is 5.75 Å². The van der Waals surface area contributed by atoms with E-state index in [1.165, 1.54) is 18.4 Å². The Bertz CT molecular complexity index is 364. The third-order valence-corrected chi connectivity index (χ3v) is 3.95. The number of nitrogens with two attached hydrogens (primary N) is 1. The Morgan fingerprint density at radius 1 is 1.26 bits per heavy atom. The molecule has 0 saturated carbocycles. The molecule has 3 nitrogen and oxygen atoms in total. The number of ether oxygens (including phenoxy) is 1. The van der Waals surface area contributed by atoms with Gasteiger partial charge in [-0.2, -0.15) is 0 Å². The van der Waals surface area contributed by atoms with Crippen LogP contribution in [0, 0.1) is 0 Å². The molecule has 1 aromatic carbocycles. The quantitative estimate of drug-likeness (QED) is 0.784. The Hall–Kier alpha value is -1.06. The molecule has 0 heterocycles. The third-order valence-electron chi connectivity index (χ3n) is 3.95. The number of hydrogen-bond acceptors (Lipinski definition) is 3. The van der Waals surface area contributed by atoms with Crippen LogP contribution in [0.15, 0.2) is 24.3 Å². The van der Waals surface area contributed by atoms with Crippen LogP contribution >= 0.6 is 0 Å². The summed E-state index contributed by atoms with van der Waals surface area (Å²) in [6, 6.07) is 8.28. The summed E-state index contributed by atoms with van der Waals surface area (Å²) in [5.74, 6) is 0.900. The monoisotopic (exact) mass is 264 g/mol. The molecular weight excluding hydrogens is 236 g/mol. The van der Waals surface area contributed by atoms with Crippen LogP contribution in [-0.2, 0) is 6.42 Å². The van der Waals surface area contributed by atoms with Gasteiger partial charge in [0.2, 0.25) is 0 Å². The largest absolute Gasteiger partial charge is 0.497 e. The van der Waals surface area contributed by atoms with Gasteiger partial charge in [0, 0.05) is 12.1 Å². The summed E-state index contributed by atoms with van der Waals surface area (Å²) < 4.78 is 5.19. The first-order chi connectivity index (χ1) is 9.05. The van der Waals surface area contributed by atoms with Crippen molar-refractivity contribution in [3.05, 3.63) is 29.8 Å². The molecule has 1 atom stereocenters. The Balaban J connectivity index is 2.72. The lowest BCUT2D eigenvalue weighted by molar-refractivity contribution is 0.142. The van der Waals surface area contributed by atoms with E-state index >= 15 is 0 Å². The van der Waals surface area contributed by atoms with E-state index < -0.39 is 0 Å². The van der Waals surface area contributed by atoms with Crippen LogP contribution in [0.3, 0.4) is 0 Å². The van der Waals surface area contributed by atoms with Gasteiger partial charge in [-0.1, -0.05) is 25.5 Å². The average Bonchev–Trinajstić information content (AvgIpc) is 2.45. The van der Waals surface area contributed by atoms with E-state index in [9.17, 15) is 0 Å². The first-order valence-corrected chi connectivity index (χ1v) is 7.10. The second-order valence-corrected chi connectivity index (χ2v) is 5.50. The Labute approximate surface area is 117 Å². The minimum atomic E-state index is 0.0176. The van der Waals surface area contributed by atoms with Crippen LogP contribution in [0.1, 0.15) is 32.3 Å². The Kier molecular flexibility index (Phi) is 6.32. The van der Waals surface area contributed by atoms with Crippen molar-refractivity contribution in [2.24, 2.45) is 5.73 Å². The normalized spacial score (nSPS) is 14.4. The number of methoxy groups -OCH3 is 1. The summed E-state index contributed by atoms with van der Waals surface area (Å²) >= 11 is 0. The smallest absolute Gasteiger partial charge is 0.118 e. The first-order valence-electron chi connectivity index (χ1n) is 7.10. The van der Waals surface area contributed by atoms with E-state index in [1.54, 1.807) is 7.11 Å². The maximum Gasteiger partial charge on any atom is 0.118 e. The number of likely N-dealkylation sites (N-methyl/N-ethyl adjacent to an activating group) is 1. The third kappa shape index (κ3) is 4.51. The number of hydrogen-bond donors (Lipinski definition) is 1. The number of rotatable bonds is 8. The fourth-order valence-electron chi connectivity index (χ4n) is 2.21. The average molecular weight is 264 g/mol. The predicted molar refractivity (Wildman–Crippen MR) is 81.7 cm³/mol. The maximum atomic E-state index is 6.02. The topological polar surface area (TPSA) is 38.5 Å². The van der Waals surface area contributed by atoms with Crippen molar-refractivity contribution in [2.45, 2.75) is 38.6 Å². The van der Waals surface area contributed by atoms with Gasteiger partial charge >= 0.3 is 0 Å². The molecule has 19 heavy (non-hydrogen) atoms. The highest BCUT2D eigenvalue weighted by Gasteiger charge is 2.27. The van der Waals surface area contributed by atoms with Crippen LogP contribution in [0.4, 0.5) is 0 Å². The lowest BCUT2D eigenvalue weighted by Crippen LogP contribution is -2.51. The molecule has 0 saturated heterocycles. The molecule has 1 rings (SSSR count). The minimum absolute atomic E-state index is 0.0176. The lowest BCUT2D eigenvalue weighted by Gasteiger charge is -2.38. The van der Waals surface area contributed by atoms with Crippen molar-refractivity contribution in [1.29, 1.82) is 0 Å². The minimum Gasteiger partial charge on any atom is -0.497 e. The van der Waals surface area contributed by atoms with E-state index in [0.717, 1.165) is 18.7 Å². The van der Waals surface area contributed by atoms with Gasteiger partial charge in [-0.15, -0.1) is 0 Å². The molecule has 3 heteroatoms. The van der Waals surface area contributed by atoms with Crippen LogP contribution in [0.2, 0.25) is 0 Å². The molecule has 0 radical (unpaired) electrons. The van der Waals surface area contributed by atoms with Crippen LogP contribution < -0.4 is 10.5 Å². The molecule has 0 fully saturated rings. The first kappa shape index (κ1) is 16.0. The van der Waals surface area contributed by atoms with Crippen molar-refractivity contribution >= 4 is 0 Å². The molecule has 1 aromatic rings. The molecule has 0 spiro atoms. The highest BCUT2D eigenvalue weighted by atomic mass is 16.5. The van der Waals surface area contributed by atoms with E-state index in [1.807, 2.05) is 12.1 Å². The highest BCUT2D eigenvalue weighted by Crippen LogP contribution is 2.21. The van der Waals surface area contributed by atoms with Crippen molar-refractivity contribution < 1.29 is 4.74 Å². The summed E-state index contributed by atoms with van der Waals surface area (Å²) in [7, 11) is 3.86. The lowest BCUT2D eigenvalue weighted by atomic mass is 9.91. The van der Waals surface area contributed by atoms with Crippen LogP contribution in [0.25, 0.3) is 0 Å². The molecule has 0 aromatic heterocycles. The van der Waals surface area contributed by atoms with Crippen LogP contribution in [-0.4, -0.2) is 37.7 Å². The zero-order valence-corrected chi connectivity index (χ0v) is 12.8. The molecule has 0 aliphatic heterocycles. The summed E-state index contributed by atoms with van der Waals surface area (Å²) in [4.78, 5) is 2.39. The van der Waals surface area contributed by atoms with E-state index in [4.69, 9.17) is 10.5 Å². The van der Waals surface area contributed by atoms with Gasteiger partial charge in [0.1, 0.15) is 5.75 Å². The standard InChI is InChI=1S/C16H28N2O/c1-5-6-11-18(3)16(2,13-17)12-14-7-9-15(19-4)10-8-14/h7-10H,5-6,11-13,17H2,1-4H3. The second-order valence-electron chi connectivity index (χ2n) is 5.50. The molecule has 0 aliphatic rings. The number of benzene rings is 1.